The first-order valence-electron chi connectivity index (χ1n) is 5.12. The maximum atomic E-state index is 12.0. The van der Waals surface area contributed by atoms with Crippen LogP contribution in [0.5, 0.6) is 5.88 Å². The number of rotatable bonds is 4. The third-order valence-corrected chi connectivity index (χ3v) is 2.94. The standard InChI is InChI=1S/C10H10F3N3OS/c1-14-9-15-7(17-4-3-10(11,12)13)6-2-5-18-8(6)16-9/h2,5H,3-4H2,1H3,(H,14,15,16). The largest absolute Gasteiger partial charge is 0.477 e. The zero-order valence-electron chi connectivity index (χ0n) is 9.41. The molecule has 98 valence electrons. The van der Waals surface area contributed by atoms with Gasteiger partial charge in [0.1, 0.15) is 4.83 Å². The van der Waals surface area contributed by atoms with Gasteiger partial charge in [-0.25, -0.2) is 4.98 Å². The maximum Gasteiger partial charge on any atom is 0.392 e. The van der Waals surface area contributed by atoms with Crippen LogP contribution in [0.4, 0.5) is 19.1 Å². The van der Waals surface area contributed by atoms with Crippen molar-refractivity contribution in [2.45, 2.75) is 12.6 Å². The Morgan fingerprint density at radius 1 is 1.39 bits per heavy atom. The molecule has 2 aromatic rings. The Morgan fingerprint density at radius 2 is 2.17 bits per heavy atom. The Balaban J connectivity index is 2.18. The second-order valence-corrected chi connectivity index (χ2v) is 4.35. The van der Waals surface area contributed by atoms with Crippen LogP contribution in [-0.2, 0) is 0 Å². The Morgan fingerprint density at radius 3 is 2.83 bits per heavy atom. The fourth-order valence-electron chi connectivity index (χ4n) is 1.31. The van der Waals surface area contributed by atoms with Gasteiger partial charge in [-0.05, 0) is 11.4 Å². The molecule has 0 aromatic carbocycles. The summed E-state index contributed by atoms with van der Waals surface area (Å²) in [6, 6.07) is 1.72. The lowest BCUT2D eigenvalue weighted by Gasteiger charge is -2.09. The lowest BCUT2D eigenvalue weighted by molar-refractivity contribution is -0.139. The topological polar surface area (TPSA) is 47.0 Å². The highest BCUT2D eigenvalue weighted by atomic mass is 32.1. The van der Waals surface area contributed by atoms with Crippen LogP contribution in [-0.4, -0.2) is 29.8 Å². The monoisotopic (exact) mass is 277 g/mol. The molecule has 4 nitrogen and oxygen atoms in total. The van der Waals surface area contributed by atoms with Crippen molar-refractivity contribution in [2.75, 3.05) is 19.0 Å². The molecule has 0 atom stereocenters. The molecule has 0 aliphatic heterocycles. The van der Waals surface area contributed by atoms with Crippen LogP contribution in [0, 0.1) is 0 Å². The summed E-state index contributed by atoms with van der Waals surface area (Å²) in [5.41, 5.74) is 0. The van der Waals surface area contributed by atoms with Crippen molar-refractivity contribution < 1.29 is 17.9 Å². The molecule has 0 bridgehead atoms. The molecule has 0 aliphatic carbocycles. The molecule has 2 rings (SSSR count). The van der Waals surface area contributed by atoms with Gasteiger partial charge in [0.2, 0.25) is 11.8 Å². The number of hydrogen-bond acceptors (Lipinski definition) is 5. The molecule has 0 aliphatic rings. The molecule has 0 saturated heterocycles. The summed E-state index contributed by atoms with van der Waals surface area (Å²) in [6.45, 7) is -0.450. The molecular formula is C10H10F3N3OS. The highest BCUT2D eigenvalue weighted by Gasteiger charge is 2.27. The van der Waals surface area contributed by atoms with E-state index in [1.54, 1.807) is 18.5 Å². The first-order valence-corrected chi connectivity index (χ1v) is 6.00. The summed E-state index contributed by atoms with van der Waals surface area (Å²) in [4.78, 5) is 8.85. The fourth-order valence-corrected chi connectivity index (χ4v) is 2.07. The minimum atomic E-state index is -4.23. The molecular weight excluding hydrogens is 267 g/mol. The van der Waals surface area contributed by atoms with E-state index in [1.807, 2.05) is 0 Å². The van der Waals surface area contributed by atoms with Crippen LogP contribution >= 0.6 is 11.3 Å². The van der Waals surface area contributed by atoms with Crippen LogP contribution in [0.25, 0.3) is 10.2 Å². The van der Waals surface area contributed by atoms with Gasteiger partial charge in [0.15, 0.2) is 0 Å². The van der Waals surface area contributed by atoms with Gasteiger partial charge >= 0.3 is 6.18 Å². The van der Waals surface area contributed by atoms with Crippen LogP contribution < -0.4 is 10.1 Å². The number of aromatic nitrogens is 2. The minimum Gasteiger partial charge on any atom is -0.477 e. The van der Waals surface area contributed by atoms with E-state index in [4.69, 9.17) is 4.74 Å². The number of anilines is 1. The maximum absolute atomic E-state index is 12.0. The van der Waals surface area contributed by atoms with E-state index in [9.17, 15) is 13.2 Å². The first-order chi connectivity index (χ1) is 8.49. The number of ether oxygens (including phenoxy) is 1. The van der Waals surface area contributed by atoms with Crippen molar-refractivity contribution in [1.29, 1.82) is 0 Å². The van der Waals surface area contributed by atoms with Gasteiger partial charge in [-0.3, -0.25) is 0 Å². The van der Waals surface area contributed by atoms with Gasteiger partial charge < -0.3 is 10.1 Å². The van der Waals surface area contributed by atoms with E-state index in [2.05, 4.69) is 15.3 Å². The first kappa shape index (κ1) is 12.9. The predicted molar refractivity (Wildman–Crippen MR) is 63.1 cm³/mol. The average molecular weight is 277 g/mol. The summed E-state index contributed by atoms with van der Waals surface area (Å²) in [6.07, 6.45) is -5.23. The third-order valence-electron chi connectivity index (χ3n) is 2.14. The number of nitrogens with zero attached hydrogens (tertiary/aromatic N) is 2. The van der Waals surface area contributed by atoms with Crippen LogP contribution in [0.2, 0.25) is 0 Å². The van der Waals surface area contributed by atoms with E-state index in [0.717, 1.165) is 0 Å². The molecule has 0 saturated carbocycles. The number of hydrogen-bond donors (Lipinski definition) is 1. The zero-order valence-corrected chi connectivity index (χ0v) is 10.2. The van der Waals surface area contributed by atoms with Crippen LogP contribution in [0.3, 0.4) is 0 Å². The summed E-state index contributed by atoms with van der Waals surface area (Å²) < 4.78 is 41.2. The van der Waals surface area contributed by atoms with Gasteiger partial charge in [0.05, 0.1) is 18.4 Å². The number of halogens is 3. The van der Waals surface area contributed by atoms with Crippen molar-refractivity contribution in [3.05, 3.63) is 11.4 Å². The molecule has 0 amide bonds. The van der Waals surface area contributed by atoms with E-state index in [0.29, 0.717) is 16.2 Å². The van der Waals surface area contributed by atoms with Crippen molar-refractivity contribution in [3.8, 4) is 5.88 Å². The molecule has 0 radical (unpaired) electrons. The number of thiophene rings is 1. The highest BCUT2D eigenvalue weighted by Crippen LogP contribution is 2.28. The van der Waals surface area contributed by atoms with Crippen LogP contribution in [0.1, 0.15) is 6.42 Å². The Labute approximate surface area is 105 Å². The van der Waals surface area contributed by atoms with Gasteiger partial charge in [0.25, 0.3) is 0 Å². The van der Waals surface area contributed by atoms with Gasteiger partial charge in [-0.2, -0.15) is 18.2 Å². The van der Waals surface area contributed by atoms with Gasteiger partial charge in [-0.1, -0.05) is 0 Å². The van der Waals surface area contributed by atoms with Crippen molar-refractivity contribution in [3.63, 3.8) is 0 Å². The smallest absolute Gasteiger partial charge is 0.392 e. The second-order valence-electron chi connectivity index (χ2n) is 3.46. The molecule has 2 aromatic heterocycles. The quantitative estimate of drug-likeness (QED) is 0.933. The molecule has 1 N–H and O–H groups in total. The highest BCUT2D eigenvalue weighted by molar-refractivity contribution is 7.16. The summed E-state index contributed by atoms with van der Waals surface area (Å²) in [5, 5.41) is 5.15. The van der Waals surface area contributed by atoms with E-state index >= 15 is 0 Å². The van der Waals surface area contributed by atoms with Crippen LogP contribution in [0.15, 0.2) is 11.4 Å². The summed E-state index contributed by atoms with van der Waals surface area (Å²) in [5.74, 6) is 0.502. The number of alkyl halides is 3. The fraction of sp³-hybridized carbons (Fsp3) is 0.400. The van der Waals surface area contributed by atoms with Crippen molar-refractivity contribution in [1.82, 2.24) is 9.97 Å². The Bertz CT molecular complexity index is 541. The molecule has 0 fully saturated rings. The summed E-state index contributed by atoms with van der Waals surface area (Å²) >= 11 is 1.38. The molecule has 0 unspecified atom stereocenters. The molecule has 0 spiro atoms. The minimum absolute atomic E-state index is 0.176. The van der Waals surface area contributed by atoms with Gasteiger partial charge in [0, 0.05) is 7.05 Å². The second kappa shape index (κ2) is 4.97. The normalized spacial score (nSPS) is 11.8. The molecule has 8 heteroatoms. The van der Waals surface area contributed by atoms with Crippen molar-refractivity contribution in [2.24, 2.45) is 0 Å². The molecule has 18 heavy (non-hydrogen) atoms. The average Bonchev–Trinajstić information content (AvgIpc) is 2.75. The predicted octanol–water partition coefficient (Wildman–Crippen LogP) is 3.06. The zero-order chi connectivity index (χ0) is 13.2. The third kappa shape index (κ3) is 3.00. The molecule has 2 heterocycles. The van der Waals surface area contributed by atoms with Gasteiger partial charge in [-0.15, -0.1) is 11.3 Å². The summed E-state index contributed by atoms with van der Waals surface area (Å²) in [7, 11) is 1.63. The Kier molecular flexibility index (Phi) is 3.55. The number of nitrogens with one attached hydrogen (secondary N) is 1. The van der Waals surface area contributed by atoms with E-state index in [-0.39, 0.29) is 5.88 Å². The van der Waals surface area contributed by atoms with E-state index in [1.165, 1.54) is 11.3 Å². The van der Waals surface area contributed by atoms with E-state index < -0.39 is 19.2 Å². The SMILES string of the molecule is CNc1nc(OCCC(F)(F)F)c2ccsc2n1. The lowest BCUT2D eigenvalue weighted by Crippen LogP contribution is -2.13. The Hall–Kier alpha value is -1.57. The number of fused-ring (bicyclic) bond motifs is 1. The lowest BCUT2D eigenvalue weighted by atomic mass is 10.4. The van der Waals surface area contributed by atoms with Crippen molar-refractivity contribution >= 4 is 27.5 Å².